The molecular formula is C27H28F2N2O3. The van der Waals surface area contributed by atoms with E-state index in [1.54, 1.807) is 18.2 Å². The Labute approximate surface area is 198 Å². The summed E-state index contributed by atoms with van der Waals surface area (Å²) in [6.07, 6.45) is 0.992. The molecule has 0 spiro atoms. The molecule has 3 aromatic rings. The number of benzene rings is 3. The van der Waals surface area contributed by atoms with Crippen LogP contribution in [0.2, 0.25) is 0 Å². The number of hydrogen-bond donors (Lipinski definition) is 1. The number of rotatable bonds is 11. The Morgan fingerprint density at radius 2 is 1.62 bits per heavy atom. The van der Waals surface area contributed by atoms with Gasteiger partial charge >= 0.3 is 0 Å². The first-order chi connectivity index (χ1) is 16.5. The van der Waals surface area contributed by atoms with Crippen molar-refractivity contribution in [3.8, 4) is 5.75 Å². The molecule has 0 bridgehead atoms. The summed E-state index contributed by atoms with van der Waals surface area (Å²) in [5, 5.41) is 2.86. The quantitative estimate of drug-likeness (QED) is 0.452. The fraction of sp³-hybridized carbons (Fsp3) is 0.259. The highest BCUT2D eigenvalue weighted by Gasteiger charge is 2.31. The van der Waals surface area contributed by atoms with E-state index in [4.69, 9.17) is 4.74 Å². The summed E-state index contributed by atoms with van der Waals surface area (Å²) in [5.41, 5.74) is 1.16. The largest absolute Gasteiger partial charge is 0.484 e. The molecule has 178 valence electrons. The van der Waals surface area contributed by atoms with Crippen molar-refractivity contribution < 1.29 is 23.1 Å². The molecule has 0 saturated heterocycles. The molecule has 0 radical (unpaired) electrons. The molecule has 3 aromatic carbocycles. The zero-order chi connectivity index (χ0) is 24.3. The van der Waals surface area contributed by atoms with Gasteiger partial charge in [-0.3, -0.25) is 9.59 Å². The summed E-state index contributed by atoms with van der Waals surface area (Å²) in [7, 11) is 0. The first kappa shape index (κ1) is 24.9. The van der Waals surface area contributed by atoms with E-state index in [0.29, 0.717) is 17.9 Å². The van der Waals surface area contributed by atoms with Gasteiger partial charge in [-0.2, -0.15) is 0 Å². The fourth-order valence-corrected chi connectivity index (χ4v) is 3.49. The van der Waals surface area contributed by atoms with Gasteiger partial charge in [-0.15, -0.1) is 0 Å². The van der Waals surface area contributed by atoms with Gasteiger partial charge < -0.3 is 15.0 Å². The molecule has 0 aliphatic carbocycles. The molecule has 0 saturated carbocycles. The standard InChI is InChI=1S/C27H28F2N2O3/c1-2-16-30-27(33)25(17-20-8-4-3-5-9-20)31(18-21-10-6-7-11-24(21)29)26(32)19-34-23-14-12-22(28)13-15-23/h3-15,25H,2,16-19H2,1H3,(H,30,33). The van der Waals surface area contributed by atoms with Crippen molar-refractivity contribution in [3.05, 3.63) is 102 Å². The lowest BCUT2D eigenvalue weighted by atomic mass is 10.0. The third-order valence-corrected chi connectivity index (χ3v) is 5.29. The normalized spacial score (nSPS) is 11.5. The van der Waals surface area contributed by atoms with Gasteiger partial charge in [-0.1, -0.05) is 55.5 Å². The Hall–Kier alpha value is -3.74. The second-order valence-electron chi connectivity index (χ2n) is 7.85. The predicted molar refractivity (Wildman–Crippen MR) is 126 cm³/mol. The average Bonchev–Trinajstić information content (AvgIpc) is 2.85. The fourth-order valence-electron chi connectivity index (χ4n) is 3.49. The minimum atomic E-state index is -0.877. The zero-order valence-electron chi connectivity index (χ0n) is 19.0. The number of carbonyl (C=O) groups excluding carboxylic acids is 2. The first-order valence-corrected chi connectivity index (χ1v) is 11.2. The number of nitrogens with one attached hydrogen (secondary N) is 1. The van der Waals surface area contributed by atoms with E-state index in [9.17, 15) is 18.4 Å². The van der Waals surface area contributed by atoms with Gasteiger partial charge in [-0.25, -0.2) is 8.78 Å². The molecule has 3 rings (SSSR count). The number of carbonyl (C=O) groups is 2. The van der Waals surface area contributed by atoms with Crippen LogP contribution in [0.4, 0.5) is 8.78 Å². The maximum atomic E-state index is 14.5. The summed E-state index contributed by atoms with van der Waals surface area (Å²) in [5.74, 6) is -1.38. The van der Waals surface area contributed by atoms with Crippen LogP contribution in [0.25, 0.3) is 0 Å². The minimum Gasteiger partial charge on any atom is -0.484 e. The Kier molecular flexibility index (Phi) is 9.14. The van der Waals surface area contributed by atoms with Crippen LogP contribution < -0.4 is 10.1 Å². The van der Waals surface area contributed by atoms with E-state index in [1.807, 2.05) is 37.3 Å². The summed E-state index contributed by atoms with van der Waals surface area (Å²) in [4.78, 5) is 27.8. The summed E-state index contributed by atoms with van der Waals surface area (Å²) in [6.45, 7) is 1.91. The van der Waals surface area contributed by atoms with Crippen LogP contribution in [-0.2, 0) is 22.6 Å². The second-order valence-corrected chi connectivity index (χ2v) is 7.85. The van der Waals surface area contributed by atoms with Crippen LogP contribution in [-0.4, -0.2) is 35.9 Å². The topological polar surface area (TPSA) is 58.6 Å². The third kappa shape index (κ3) is 7.13. The van der Waals surface area contributed by atoms with E-state index in [-0.39, 0.29) is 25.5 Å². The molecule has 0 heterocycles. The Bertz CT molecular complexity index is 1070. The molecule has 0 aliphatic heterocycles. The summed E-state index contributed by atoms with van der Waals surface area (Å²) < 4.78 is 33.2. The SMILES string of the molecule is CCCNC(=O)C(Cc1ccccc1)N(Cc1ccccc1F)C(=O)COc1ccc(F)cc1. The number of nitrogens with zero attached hydrogens (tertiary/aromatic N) is 1. The minimum absolute atomic E-state index is 0.102. The van der Waals surface area contributed by atoms with Crippen molar-refractivity contribution in [2.75, 3.05) is 13.2 Å². The third-order valence-electron chi connectivity index (χ3n) is 5.29. The van der Waals surface area contributed by atoms with E-state index < -0.39 is 23.6 Å². The van der Waals surface area contributed by atoms with E-state index in [0.717, 1.165) is 12.0 Å². The Balaban J connectivity index is 1.89. The second kappa shape index (κ2) is 12.5. The number of amides is 2. The van der Waals surface area contributed by atoms with Crippen LogP contribution in [0.5, 0.6) is 5.75 Å². The molecule has 1 unspecified atom stereocenters. The van der Waals surface area contributed by atoms with Crippen molar-refractivity contribution >= 4 is 11.8 Å². The molecule has 34 heavy (non-hydrogen) atoms. The maximum Gasteiger partial charge on any atom is 0.261 e. The van der Waals surface area contributed by atoms with Crippen LogP contribution in [0.1, 0.15) is 24.5 Å². The van der Waals surface area contributed by atoms with E-state index >= 15 is 0 Å². The van der Waals surface area contributed by atoms with Crippen molar-refractivity contribution in [2.45, 2.75) is 32.4 Å². The molecular weight excluding hydrogens is 438 g/mol. The average molecular weight is 467 g/mol. The molecule has 1 atom stereocenters. The highest BCUT2D eigenvalue weighted by atomic mass is 19.1. The van der Waals surface area contributed by atoms with Gasteiger partial charge in [0.25, 0.3) is 5.91 Å². The lowest BCUT2D eigenvalue weighted by Crippen LogP contribution is -2.51. The highest BCUT2D eigenvalue weighted by molar-refractivity contribution is 5.88. The van der Waals surface area contributed by atoms with Crippen LogP contribution in [0, 0.1) is 11.6 Å². The van der Waals surface area contributed by atoms with Gasteiger partial charge in [0, 0.05) is 25.1 Å². The van der Waals surface area contributed by atoms with E-state index in [2.05, 4.69) is 5.32 Å². The van der Waals surface area contributed by atoms with Gasteiger partial charge in [0.2, 0.25) is 5.91 Å². The summed E-state index contributed by atoms with van der Waals surface area (Å²) in [6, 6.07) is 19.9. The molecule has 1 N–H and O–H groups in total. The lowest BCUT2D eigenvalue weighted by Gasteiger charge is -2.31. The predicted octanol–water partition coefficient (Wildman–Crippen LogP) is 4.51. The van der Waals surface area contributed by atoms with Crippen molar-refractivity contribution in [1.29, 1.82) is 0 Å². The number of hydrogen-bond acceptors (Lipinski definition) is 3. The van der Waals surface area contributed by atoms with Crippen molar-refractivity contribution in [1.82, 2.24) is 10.2 Å². The lowest BCUT2D eigenvalue weighted by molar-refractivity contribution is -0.142. The van der Waals surface area contributed by atoms with Gasteiger partial charge in [0.15, 0.2) is 6.61 Å². The highest BCUT2D eigenvalue weighted by Crippen LogP contribution is 2.18. The Morgan fingerprint density at radius 3 is 2.29 bits per heavy atom. The molecule has 5 nitrogen and oxygen atoms in total. The van der Waals surface area contributed by atoms with E-state index in [1.165, 1.54) is 35.2 Å². The summed E-state index contributed by atoms with van der Waals surface area (Å²) >= 11 is 0. The van der Waals surface area contributed by atoms with Crippen LogP contribution in [0.3, 0.4) is 0 Å². The number of halogens is 2. The molecule has 7 heteroatoms. The monoisotopic (exact) mass is 466 g/mol. The van der Waals surface area contributed by atoms with Crippen molar-refractivity contribution in [3.63, 3.8) is 0 Å². The number of ether oxygens (including phenoxy) is 1. The molecule has 0 aliphatic rings. The van der Waals surface area contributed by atoms with Crippen LogP contribution in [0.15, 0.2) is 78.9 Å². The van der Waals surface area contributed by atoms with Gasteiger partial charge in [0.05, 0.1) is 0 Å². The first-order valence-electron chi connectivity index (χ1n) is 11.2. The van der Waals surface area contributed by atoms with Crippen LogP contribution >= 0.6 is 0 Å². The van der Waals surface area contributed by atoms with Crippen molar-refractivity contribution in [2.24, 2.45) is 0 Å². The Morgan fingerprint density at radius 1 is 0.941 bits per heavy atom. The molecule has 0 aromatic heterocycles. The zero-order valence-corrected chi connectivity index (χ0v) is 19.0. The smallest absolute Gasteiger partial charge is 0.261 e. The maximum absolute atomic E-state index is 14.5. The molecule has 2 amide bonds. The van der Waals surface area contributed by atoms with Gasteiger partial charge in [-0.05, 0) is 42.3 Å². The molecule has 0 fully saturated rings. The van der Waals surface area contributed by atoms with Gasteiger partial charge in [0.1, 0.15) is 23.4 Å².